The van der Waals surface area contributed by atoms with Gasteiger partial charge in [0.1, 0.15) is 30.0 Å². The summed E-state index contributed by atoms with van der Waals surface area (Å²) in [7, 11) is 0. The third kappa shape index (κ3) is 4.73. The van der Waals surface area contributed by atoms with Crippen LogP contribution in [0.2, 0.25) is 0 Å². The van der Waals surface area contributed by atoms with E-state index in [-0.39, 0.29) is 18.4 Å². The summed E-state index contributed by atoms with van der Waals surface area (Å²) in [4.78, 5) is 11.0. The molecule has 0 saturated carbocycles. The lowest BCUT2D eigenvalue weighted by atomic mass is 9.94. The zero-order chi connectivity index (χ0) is 23.7. The molecule has 34 heavy (non-hydrogen) atoms. The number of aliphatic carboxylic acids is 1. The number of hydrogen-bond donors (Lipinski definition) is 2. The molecular formula is C28H29NO5. The Labute approximate surface area is 199 Å². The van der Waals surface area contributed by atoms with E-state index in [2.05, 4.69) is 55.6 Å². The van der Waals surface area contributed by atoms with Gasteiger partial charge in [0, 0.05) is 30.6 Å². The van der Waals surface area contributed by atoms with Crippen molar-refractivity contribution in [1.29, 1.82) is 0 Å². The number of carboxylic acid groups (broad SMARTS) is 1. The van der Waals surface area contributed by atoms with Crippen molar-refractivity contribution < 1.29 is 24.1 Å². The summed E-state index contributed by atoms with van der Waals surface area (Å²) in [5, 5.41) is 12.3. The van der Waals surface area contributed by atoms with Crippen molar-refractivity contribution in [3.8, 4) is 28.4 Å². The van der Waals surface area contributed by atoms with E-state index in [0.29, 0.717) is 24.7 Å². The maximum Gasteiger partial charge on any atom is 0.304 e. The van der Waals surface area contributed by atoms with Gasteiger partial charge in [-0.15, -0.1) is 0 Å². The number of rotatable bonds is 8. The van der Waals surface area contributed by atoms with Crippen LogP contribution in [0.3, 0.4) is 0 Å². The van der Waals surface area contributed by atoms with Gasteiger partial charge in [-0.05, 0) is 65.9 Å². The highest BCUT2D eigenvalue weighted by Crippen LogP contribution is 2.38. The van der Waals surface area contributed by atoms with Gasteiger partial charge in [0.25, 0.3) is 0 Å². The largest absolute Gasteiger partial charge is 0.492 e. The fourth-order valence-corrected chi connectivity index (χ4v) is 4.69. The Morgan fingerprint density at radius 3 is 2.56 bits per heavy atom. The molecular weight excluding hydrogens is 430 g/mol. The second kappa shape index (κ2) is 9.39. The van der Waals surface area contributed by atoms with Crippen LogP contribution in [-0.2, 0) is 11.4 Å². The molecule has 2 N–H and O–H groups in total. The lowest BCUT2D eigenvalue weighted by molar-refractivity contribution is -0.137. The summed E-state index contributed by atoms with van der Waals surface area (Å²) < 4.78 is 17.8. The molecule has 2 aliphatic heterocycles. The number of aryl methyl sites for hydroxylation is 2. The topological polar surface area (TPSA) is 77.0 Å². The molecule has 0 bridgehead atoms. The second-order valence-corrected chi connectivity index (χ2v) is 9.12. The van der Waals surface area contributed by atoms with Crippen molar-refractivity contribution in [3.05, 3.63) is 76.9 Å². The van der Waals surface area contributed by atoms with Crippen LogP contribution < -0.4 is 19.5 Å². The standard InChI is InChI=1S/C28H29NO5/c1-17-8-23(34-24-13-29-14-24)9-18(2)28(17)20-5-3-4-19(10-20)15-32-22-6-7-25-21(11-27(30)31)16-33-26(25)12-22/h3-10,12,21,24,29H,11,13-16H2,1-2H3,(H,30,31)/t21-/m1/s1. The van der Waals surface area contributed by atoms with Crippen LogP contribution in [0.25, 0.3) is 11.1 Å². The van der Waals surface area contributed by atoms with Gasteiger partial charge in [0.15, 0.2) is 0 Å². The summed E-state index contributed by atoms with van der Waals surface area (Å²) in [6.45, 7) is 6.88. The molecule has 0 amide bonds. The molecule has 5 rings (SSSR count). The first-order chi connectivity index (χ1) is 16.5. The van der Waals surface area contributed by atoms with Gasteiger partial charge >= 0.3 is 5.97 Å². The highest BCUT2D eigenvalue weighted by atomic mass is 16.5. The fourth-order valence-electron chi connectivity index (χ4n) is 4.69. The Balaban J connectivity index is 1.28. The smallest absolute Gasteiger partial charge is 0.304 e. The highest BCUT2D eigenvalue weighted by molar-refractivity contribution is 5.72. The van der Waals surface area contributed by atoms with Gasteiger partial charge in [-0.3, -0.25) is 4.79 Å². The summed E-state index contributed by atoms with van der Waals surface area (Å²) in [6.07, 6.45) is 0.335. The van der Waals surface area contributed by atoms with E-state index >= 15 is 0 Å². The predicted octanol–water partition coefficient (Wildman–Crippen LogP) is 4.85. The van der Waals surface area contributed by atoms with Crippen molar-refractivity contribution in [3.63, 3.8) is 0 Å². The van der Waals surface area contributed by atoms with E-state index in [1.807, 2.05) is 18.2 Å². The van der Waals surface area contributed by atoms with Crippen LogP contribution >= 0.6 is 0 Å². The maximum atomic E-state index is 11.0. The first-order valence-electron chi connectivity index (χ1n) is 11.7. The lowest BCUT2D eigenvalue weighted by Crippen LogP contribution is -2.50. The van der Waals surface area contributed by atoms with Crippen molar-refractivity contribution in [2.24, 2.45) is 0 Å². The van der Waals surface area contributed by atoms with Crippen molar-refractivity contribution in [1.82, 2.24) is 5.32 Å². The van der Waals surface area contributed by atoms with Gasteiger partial charge in [0.2, 0.25) is 0 Å². The number of ether oxygens (including phenoxy) is 3. The first-order valence-corrected chi connectivity index (χ1v) is 11.7. The number of fused-ring (bicyclic) bond motifs is 1. The number of nitrogens with one attached hydrogen (secondary N) is 1. The van der Waals surface area contributed by atoms with Crippen molar-refractivity contribution >= 4 is 5.97 Å². The van der Waals surface area contributed by atoms with Crippen molar-refractivity contribution in [2.45, 2.75) is 38.9 Å². The van der Waals surface area contributed by atoms with E-state index in [0.717, 1.165) is 35.5 Å². The average Bonchev–Trinajstić information content (AvgIpc) is 3.16. The molecule has 1 atom stereocenters. The highest BCUT2D eigenvalue weighted by Gasteiger charge is 2.26. The molecule has 2 heterocycles. The van der Waals surface area contributed by atoms with E-state index in [1.165, 1.54) is 16.7 Å². The van der Waals surface area contributed by atoms with Crippen LogP contribution in [0.1, 0.15) is 34.6 Å². The second-order valence-electron chi connectivity index (χ2n) is 9.12. The van der Waals surface area contributed by atoms with Gasteiger partial charge in [-0.2, -0.15) is 0 Å². The normalized spacial score (nSPS) is 16.9. The summed E-state index contributed by atoms with van der Waals surface area (Å²) in [6, 6.07) is 18.3. The van der Waals surface area contributed by atoms with E-state index in [1.54, 1.807) is 0 Å². The molecule has 0 aliphatic carbocycles. The van der Waals surface area contributed by atoms with E-state index < -0.39 is 5.97 Å². The molecule has 0 spiro atoms. The molecule has 1 fully saturated rings. The number of carboxylic acids is 1. The molecule has 3 aromatic rings. The van der Waals surface area contributed by atoms with E-state index in [9.17, 15) is 4.79 Å². The van der Waals surface area contributed by atoms with Gasteiger partial charge in [-0.25, -0.2) is 0 Å². The van der Waals surface area contributed by atoms with Crippen molar-refractivity contribution in [2.75, 3.05) is 19.7 Å². The molecule has 0 aromatic heterocycles. The molecule has 0 unspecified atom stereocenters. The van der Waals surface area contributed by atoms with Crippen LogP contribution in [0.15, 0.2) is 54.6 Å². The summed E-state index contributed by atoms with van der Waals surface area (Å²) in [5.74, 6) is 1.43. The fraction of sp³-hybridized carbons (Fsp3) is 0.321. The Morgan fingerprint density at radius 1 is 1.06 bits per heavy atom. The van der Waals surface area contributed by atoms with Crippen LogP contribution in [0.5, 0.6) is 17.2 Å². The number of benzene rings is 3. The Bertz CT molecular complexity index is 1190. The quantitative estimate of drug-likeness (QED) is 0.502. The minimum Gasteiger partial charge on any atom is -0.492 e. The third-order valence-electron chi connectivity index (χ3n) is 6.46. The monoisotopic (exact) mass is 459 g/mol. The molecule has 3 aromatic carbocycles. The summed E-state index contributed by atoms with van der Waals surface area (Å²) in [5.41, 5.74) is 6.75. The lowest BCUT2D eigenvalue weighted by Gasteiger charge is -2.28. The minimum atomic E-state index is -0.815. The molecule has 176 valence electrons. The first kappa shape index (κ1) is 22.3. The minimum absolute atomic E-state index is 0.0731. The number of carbonyl (C=O) groups is 1. The van der Waals surface area contributed by atoms with Gasteiger partial charge in [0.05, 0.1) is 13.0 Å². The predicted molar refractivity (Wildman–Crippen MR) is 130 cm³/mol. The Morgan fingerprint density at radius 2 is 1.85 bits per heavy atom. The van der Waals surface area contributed by atoms with Crippen LogP contribution in [0, 0.1) is 13.8 Å². The number of hydrogen-bond acceptors (Lipinski definition) is 5. The average molecular weight is 460 g/mol. The Hall–Kier alpha value is -3.51. The molecule has 6 heteroatoms. The van der Waals surface area contributed by atoms with Gasteiger partial charge < -0.3 is 24.6 Å². The Kier molecular flexibility index (Phi) is 6.16. The van der Waals surface area contributed by atoms with Gasteiger partial charge in [-0.1, -0.05) is 24.3 Å². The van der Waals surface area contributed by atoms with Crippen LogP contribution in [-0.4, -0.2) is 36.9 Å². The zero-order valence-corrected chi connectivity index (χ0v) is 19.5. The molecule has 1 saturated heterocycles. The SMILES string of the molecule is Cc1cc(OC2CNC2)cc(C)c1-c1cccc(COc2ccc3c(c2)OC[C@H]3CC(=O)O)c1. The van der Waals surface area contributed by atoms with Crippen LogP contribution in [0.4, 0.5) is 0 Å². The zero-order valence-electron chi connectivity index (χ0n) is 19.5. The summed E-state index contributed by atoms with van der Waals surface area (Å²) >= 11 is 0. The maximum absolute atomic E-state index is 11.0. The molecule has 2 aliphatic rings. The van der Waals surface area contributed by atoms with E-state index in [4.69, 9.17) is 19.3 Å². The molecule has 6 nitrogen and oxygen atoms in total. The third-order valence-corrected chi connectivity index (χ3v) is 6.46. The molecule has 0 radical (unpaired) electrons.